The number of benzene rings is 4. The van der Waals surface area contributed by atoms with Crippen LogP contribution < -0.4 is 29.9 Å². The summed E-state index contributed by atoms with van der Waals surface area (Å²) in [4.78, 5) is 20.0. The number of hydrogen-bond acceptors (Lipinski definition) is 12. The van der Waals surface area contributed by atoms with E-state index >= 15 is 4.39 Å². The van der Waals surface area contributed by atoms with E-state index in [1.807, 2.05) is 12.1 Å². The number of aryl methyl sites for hydroxylation is 2. The zero-order chi connectivity index (χ0) is 53.0. The first kappa shape index (κ1) is 52.9. The Balaban J connectivity index is 0.648. The van der Waals surface area contributed by atoms with Crippen LogP contribution in [0.15, 0.2) is 66.7 Å². The number of fused-ring (bicyclic) bond motifs is 4. The Morgan fingerprint density at radius 2 is 1.14 bits per heavy atom. The minimum atomic E-state index is -0.159. The average molecular weight is 1060 g/mol. The number of methoxy groups -OCH3 is 2. The first-order valence-electron chi connectivity index (χ1n) is 29.6. The van der Waals surface area contributed by atoms with Crippen LogP contribution in [0.1, 0.15) is 116 Å². The average Bonchev–Trinajstić information content (AvgIpc) is 4.30. The number of rotatable bonds is 19. The number of likely N-dealkylation sites (tertiary alicyclic amines) is 2. The van der Waals surface area contributed by atoms with E-state index in [1.165, 1.54) is 66.2 Å². The second kappa shape index (κ2) is 24.3. The Morgan fingerprint density at radius 3 is 1.77 bits per heavy atom. The molecule has 0 bridgehead atoms. The molecule has 414 valence electrons. The molecule has 4 fully saturated rings. The SMILES string of the molecule is COc1cc2c(NC3CCN(c4cc(F)cc(C5CCN(CCOCc6cc7nc8c(c(NC9CCN(c%10ccccc%10F)CC9)c7cc6OC)CCCCC8)C5)c4)CC3)c3c(nc2cc1COCCN1CCCC1)CCC3. The number of halogens is 2. The number of anilines is 4. The molecule has 4 aromatic carbocycles. The van der Waals surface area contributed by atoms with Gasteiger partial charge >= 0.3 is 0 Å². The Kier molecular flexibility index (Phi) is 16.5. The summed E-state index contributed by atoms with van der Waals surface area (Å²) in [5.41, 5.74) is 14.3. The van der Waals surface area contributed by atoms with Gasteiger partial charge in [0.2, 0.25) is 0 Å². The molecule has 1 unspecified atom stereocenters. The third kappa shape index (κ3) is 11.7. The molecule has 6 aromatic rings. The minimum Gasteiger partial charge on any atom is -0.496 e. The topological polar surface area (TPSA) is 99.7 Å². The molecule has 0 amide bonds. The normalized spacial score (nSPS) is 19.7. The number of para-hydroxylation sites is 1. The highest BCUT2D eigenvalue weighted by Gasteiger charge is 2.30. The highest BCUT2D eigenvalue weighted by molar-refractivity contribution is 5.96. The third-order valence-corrected chi connectivity index (χ3v) is 18.0. The number of piperidine rings is 2. The lowest BCUT2D eigenvalue weighted by Crippen LogP contribution is -2.39. The maximum Gasteiger partial charge on any atom is 0.146 e. The number of pyridine rings is 2. The third-order valence-electron chi connectivity index (χ3n) is 18.0. The number of ether oxygens (including phenoxy) is 4. The molecule has 2 N–H and O–H groups in total. The second-order valence-electron chi connectivity index (χ2n) is 23.0. The lowest BCUT2D eigenvalue weighted by molar-refractivity contribution is 0.0975. The summed E-state index contributed by atoms with van der Waals surface area (Å²) in [5, 5.41) is 10.2. The van der Waals surface area contributed by atoms with Crippen molar-refractivity contribution < 1.29 is 27.7 Å². The standard InChI is InChI=1S/C64H80F2N8O4/c1-75-61-38-53-58(69-56-14-5-3-4-11-51(56)63(53)68-49-20-27-74(28-21-49)60-16-7-6-13-55(60)66)35-46(61)42-78-32-30-72-24-17-43(40-72)44-33-47(65)37-50(34-44)73-25-18-48(19-26-73)67-64-52-12-10-15-57(52)70-59-36-45(62(76-2)39-54(59)64)41-77-31-29-71-22-8-9-23-71/h6-7,13,16,33-39,43,48-49H,3-5,8-12,14-15,17-32,40-42H2,1-2H3,(H,67,70)(H,68,69). The van der Waals surface area contributed by atoms with Crippen LogP contribution in [0, 0.1) is 11.6 Å². The van der Waals surface area contributed by atoms with E-state index in [4.69, 9.17) is 28.9 Å². The minimum absolute atomic E-state index is 0.155. The van der Waals surface area contributed by atoms with Gasteiger partial charge in [0.25, 0.3) is 0 Å². The van der Waals surface area contributed by atoms with Gasteiger partial charge in [0.05, 0.1) is 57.4 Å². The summed E-state index contributed by atoms with van der Waals surface area (Å²) in [6.45, 7) is 11.5. The molecular formula is C64H80F2N8O4. The largest absolute Gasteiger partial charge is 0.496 e. The van der Waals surface area contributed by atoms with E-state index in [-0.39, 0.29) is 23.6 Å². The number of nitrogens with one attached hydrogen (secondary N) is 2. The molecule has 1 atom stereocenters. The van der Waals surface area contributed by atoms with Crippen LogP contribution in [0.25, 0.3) is 21.8 Å². The van der Waals surface area contributed by atoms with Crippen LogP contribution in [-0.2, 0) is 48.4 Å². The van der Waals surface area contributed by atoms with Crippen molar-refractivity contribution in [1.82, 2.24) is 19.8 Å². The quantitative estimate of drug-likeness (QED) is 0.0597. The maximum atomic E-state index is 15.6. The highest BCUT2D eigenvalue weighted by Crippen LogP contribution is 2.41. The van der Waals surface area contributed by atoms with Gasteiger partial charge in [-0.1, -0.05) is 18.6 Å². The fourth-order valence-corrected chi connectivity index (χ4v) is 13.7. The van der Waals surface area contributed by atoms with Gasteiger partial charge in [0.15, 0.2) is 0 Å². The van der Waals surface area contributed by atoms with E-state index in [0.717, 1.165) is 185 Å². The summed E-state index contributed by atoms with van der Waals surface area (Å²) in [5.74, 6) is 1.61. The van der Waals surface area contributed by atoms with Crippen molar-refractivity contribution in [1.29, 1.82) is 0 Å². The molecular weight excluding hydrogens is 983 g/mol. The van der Waals surface area contributed by atoms with Crippen LogP contribution in [0.3, 0.4) is 0 Å². The number of aromatic nitrogens is 2. The van der Waals surface area contributed by atoms with Gasteiger partial charge in [-0.05, 0) is 187 Å². The van der Waals surface area contributed by atoms with Crippen molar-refractivity contribution in [3.63, 3.8) is 0 Å². The van der Waals surface area contributed by atoms with Crippen LogP contribution in [0.4, 0.5) is 31.5 Å². The van der Waals surface area contributed by atoms with E-state index in [2.05, 4.69) is 60.6 Å². The molecule has 0 spiro atoms. The molecule has 14 heteroatoms. The lowest BCUT2D eigenvalue weighted by atomic mass is 9.96. The van der Waals surface area contributed by atoms with Crippen molar-refractivity contribution in [2.24, 2.45) is 0 Å². The van der Waals surface area contributed by atoms with Crippen molar-refractivity contribution in [2.45, 2.75) is 128 Å². The summed E-state index contributed by atoms with van der Waals surface area (Å²) < 4.78 is 54.9. The second-order valence-corrected chi connectivity index (χ2v) is 23.0. The van der Waals surface area contributed by atoms with Crippen molar-refractivity contribution in [2.75, 3.05) is 113 Å². The number of nitrogens with zero attached hydrogens (tertiary/aromatic N) is 6. The van der Waals surface area contributed by atoms with Gasteiger partial charge in [-0.2, -0.15) is 0 Å². The predicted molar refractivity (Wildman–Crippen MR) is 309 cm³/mol. The zero-order valence-corrected chi connectivity index (χ0v) is 46.2. The van der Waals surface area contributed by atoms with Gasteiger partial charge in [0, 0.05) is 108 Å². The van der Waals surface area contributed by atoms with Gasteiger partial charge < -0.3 is 49.2 Å². The maximum absolute atomic E-state index is 15.6. The lowest BCUT2D eigenvalue weighted by Gasteiger charge is -2.35. The Hall–Kier alpha value is -5.80. The molecule has 2 aliphatic carbocycles. The van der Waals surface area contributed by atoms with Gasteiger partial charge in [0.1, 0.15) is 23.1 Å². The van der Waals surface area contributed by atoms with E-state index in [1.54, 1.807) is 38.5 Å². The number of hydrogen-bond donors (Lipinski definition) is 2. The summed E-state index contributed by atoms with van der Waals surface area (Å²) >= 11 is 0. The molecule has 12 nitrogen and oxygen atoms in total. The Morgan fingerprint density at radius 1 is 0.564 bits per heavy atom. The molecule has 6 heterocycles. The molecule has 78 heavy (non-hydrogen) atoms. The van der Waals surface area contributed by atoms with Gasteiger partial charge in [-0.25, -0.2) is 8.78 Å². The summed E-state index contributed by atoms with van der Waals surface area (Å²) in [6, 6.07) is 22.1. The van der Waals surface area contributed by atoms with Crippen LogP contribution in [0.2, 0.25) is 0 Å². The Bertz CT molecular complexity index is 3060. The monoisotopic (exact) mass is 1060 g/mol. The molecule has 0 saturated carbocycles. The fraction of sp³-hybridized carbons (Fsp3) is 0.531. The first-order valence-corrected chi connectivity index (χ1v) is 29.6. The molecule has 4 aliphatic heterocycles. The van der Waals surface area contributed by atoms with E-state index < -0.39 is 0 Å². The van der Waals surface area contributed by atoms with Crippen LogP contribution in [0.5, 0.6) is 11.5 Å². The van der Waals surface area contributed by atoms with Gasteiger partial charge in [-0.15, -0.1) is 0 Å². The summed E-state index contributed by atoms with van der Waals surface area (Å²) in [6.07, 6.45) is 16.0. The molecule has 12 rings (SSSR count). The Labute approximate surface area is 460 Å². The van der Waals surface area contributed by atoms with Crippen molar-refractivity contribution in [3.8, 4) is 11.5 Å². The van der Waals surface area contributed by atoms with Gasteiger partial charge in [-0.3, -0.25) is 9.97 Å². The van der Waals surface area contributed by atoms with Crippen LogP contribution in [-0.4, -0.2) is 125 Å². The van der Waals surface area contributed by atoms with E-state index in [9.17, 15) is 4.39 Å². The molecule has 6 aliphatic rings. The highest BCUT2D eigenvalue weighted by atomic mass is 19.1. The predicted octanol–water partition coefficient (Wildman–Crippen LogP) is 11.6. The first-order chi connectivity index (χ1) is 38.3. The summed E-state index contributed by atoms with van der Waals surface area (Å²) in [7, 11) is 3.49. The molecule has 2 aromatic heterocycles. The zero-order valence-electron chi connectivity index (χ0n) is 46.2. The van der Waals surface area contributed by atoms with Crippen molar-refractivity contribution in [3.05, 3.63) is 118 Å². The molecule has 4 saturated heterocycles. The molecule has 0 radical (unpaired) electrons. The van der Waals surface area contributed by atoms with Crippen LogP contribution >= 0.6 is 0 Å². The smallest absolute Gasteiger partial charge is 0.146 e. The van der Waals surface area contributed by atoms with Crippen molar-refractivity contribution >= 4 is 44.6 Å². The van der Waals surface area contributed by atoms with E-state index in [0.29, 0.717) is 38.2 Å². The fourth-order valence-electron chi connectivity index (χ4n) is 13.7.